The summed E-state index contributed by atoms with van der Waals surface area (Å²) < 4.78 is 0. The van der Waals surface area contributed by atoms with Crippen LogP contribution in [0.25, 0.3) is 0 Å². The van der Waals surface area contributed by atoms with Crippen molar-refractivity contribution in [3.05, 3.63) is 163 Å². The quantitative estimate of drug-likeness (QED) is 0.0877. The highest BCUT2D eigenvalue weighted by Crippen LogP contribution is 2.30. The molecule has 7 aliphatic heterocycles. The van der Waals surface area contributed by atoms with Crippen LogP contribution in [0.3, 0.4) is 0 Å². The predicted molar refractivity (Wildman–Crippen MR) is 474 cm³/mol. The second-order valence-corrected chi connectivity index (χ2v) is 32.4. The molecular weight excluding hydrogens is 1430 g/mol. The van der Waals surface area contributed by atoms with Gasteiger partial charge in [0.05, 0.1) is 36.2 Å². The van der Waals surface area contributed by atoms with Gasteiger partial charge in [0.25, 0.3) is 0 Å². The highest BCUT2D eigenvalue weighted by molar-refractivity contribution is 5.48. The molecule has 7 saturated heterocycles. The van der Waals surface area contributed by atoms with E-state index in [1.54, 1.807) is 0 Å². The molecule has 6 aromatic heterocycles. The fourth-order valence-corrected chi connectivity index (χ4v) is 15.3. The molecule has 115 heavy (non-hydrogen) atoms. The normalized spacial score (nSPS) is 19.5. The van der Waals surface area contributed by atoms with Crippen LogP contribution in [0.15, 0.2) is 124 Å². The molecule has 0 N–H and O–H groups in total. The first-order valence-corrected chi connectivity index (χ1v) is 43.4. The Hall–Kier alpha value is -8.50. The van der Waals surface area contributed by atoms with Crippen molar-refractivity contribution < 1.29 is 0 Å². The van der Waals surface area contributed by atoms with Crippen molar-refractivity contribution in [1.82, 2.24) is 94.1 Å². The van der Waals surface area contributed by atoms with Crippen LogP contribution in [0, 0.1) is 48.5 Å². The van der Waals surface area contributed by atoms with Crippen molar-refractivity contribution in [2.45, 2.75) is 145 Å². The summed E-state index contributed by atoms with van der Waals surface area (Å²) in [5, 5.41) is 0. The van der Waals surface area contributed by atoms with Gasteiger partial charge in [0.15, 0.2) is 0 Å². The Morgan fingerprint density at radius 1 is 0.287 bits per heavy atom. The summed E-state index contributed by atoms with van der Waals surface area (Å²) in [6, 6.07) is 10.7. The maximum atomic E-state index is 4.47. The summed E-state index contributed by atoms with van der Waals surface area (Å²) in [6.45, 7) is 61.8. The molecule has 0 bridgehead atoms. The molecule has 2 saturated carbocycles. The van der Waals surface area contributed by atoms with Gasteiger partial charge in [-0.2, -0.15) is 0 Å². The Kier molecular flexibility index (Phi) is 37.3. The van der Waals surface area contributed by atoms with Gasteiger partial charge in [0.1, 0.15) is 11.6 Å². The lowest BCUT2D eigenvalue weighted by atomic mass is 10.2. The minimum Gasteiger partial charge on any atom is -0.370 e. The van der Waals surface area contributed by atoms with Gasteiger partial charge >= 0.3 is 0 Å². The summed E-state index contributed by atoms with van der Waals surface area (Å²) in [5.41, 5.74) is 9.15. The first kappa shape index (κ1) is 88.9. The third kappa shape index (κ3) is 31.1. The van der Waals surface area contributed by atoms with E-state index in [4.69, 9.17) is 0 Å². The fourth-order valence-electron chi connectivity index (χ4n) is 15.3. The van der Waals surface area contributed by atoms with Gasteiger partial charge in [0, 0.05) is 244 Å². The van der Waals surface area contributed by atoms with Crippen LogP contribution in [-0.4, -0.2) is 323 Å². The van der Waals surface area contributed by atoms with Crippen molar-refractivity contribution >= 4 is 41.1 Å². The number of anilines is 7. The molecule has 1 aromatic carbocycles. The predicted octanol–water partition coefficient (Wildman–Crippen LogP) is 10.7. The molecule has 0 unspecified atom stereocenters. The first-order chi connectivity index (χ1) is 56.1. The largest absolute Gasteiger partial charge is 0.370 e. The zero-order chi connectivity index (χ0) is 80.9. The number of hydrogen-bond donors (Lipinski definition) is 0. The molecule has 13 heterocycles. The van der Waals surface area contributed by atoms with Gasteiger partial charge < -0.3 is 49.0 Å². The van der Waals surface area contributed by atoms with E-state index in [9.17, 15) is 0 Å². The minimum absolute atomic E-state index is 0.857. The van der Waals surface area contributed by atoms with Crippen LogP contribution >= 0.6 is 0 Å². The van der Waals surface area contributed by atoms with Crippen LogP contribution in [-0.2, 0) is 0 Å². The van der Waals surface area contributed by atoms with Gasteiger partial charge in [-0.25, -0.2) is 49.8 Å². The zero-order valence-corrected chi connectivity index (χ0v) is 72.0. The van der Waals surface area contributed by atoms with E-state index in [0.29, 0.717) is 0 Å². The molecule has 26 heteroatoms. The van der Waals surface area contributed by atoms with Gasteiger partial charge in [-0.05, 0) is 193 Å². The molecule has 0 spiro atoms. The lowest BCUT2D eigenvalue weighted by Crippen LogP contribution is -2.32. The molecule has 0 amide bonds. The lowest BCUT2D eigenvalue weighted by molar-refractivity contribution is 0.283. The Balaban J connectivity index is 0.000000142. The number of aromatic nitrogens is 12. The van der Waals surface area contributed by atoms with E-state index >= 15 is 0 Å². The number of aryl methyl sites for hydroxylation is 7. The summed E-state index contributed by atoms with van der Waals surface area (Å²) in [6.07, 6.45) is 40.6. The van der Waals surface area contributed by atoms with Crippen LogP contribution in [0.2, 0.25) is 0 Å². The molecular formula is C89H140N26. The van der Waals surface area contributed by atoms with Gasteiger partial charge in [-0.1, -0.05) is 43.7 Å². The Morgan fingerprint density at radius 2 is 0.591 bits per heavy atom. The SMILES string of the molecule is C=CCN1CCCN(c2cnc(C)cn2)CC1.C=CCN1CCCN(c2ncc(C)cn2)CC1.CCN1CCCN(c2ccc(C)cc2)CC1.CCN1CCCN(c2ncc(C)cn2)CC1.Cc1cnc(N2CCCN(C)CC2)nc1.Cc1cnc(N2CCCN(C3CC3)CC2)cn1.Cc1cnc(N2CCCN(C3CC3)CC2)nc1. The molecule has 0 radical (unpaired) electrons. The maximum absolute atomic E-state index is 4.47. The molecule has 26 nitrogen and oxygen atoms in total. The van der Waals surface area contributed by atoms with Crippen LogP contribution in [0.1, 0.15) is 124 Å². The maximum Gasteiger partial charge on any atom is 0.225 e. The molecule has 0 atom stereocenters. The number of rotatable bonds is 15. The average Bonchev–Trinajstić information content (AvgIpc) is 1.71. The van der Waals surface area contributed by atoms with Gasteiger partial charge in [-0.3, -0.25) is 29.6 Å². The van der Waals surface area contributed by atoms with Crippen molar-refractivity contribution in [3.63, 3.8) is 0 Å². The first-order valence-electron chi connectivity index (χ1n) is 43.4. The fraction of sp³-hybridized carbons (Fsp3) is 0.618. The van der Waals surface area contributed by atoms with Crippen molar-refractivity contribution in [2.24, 2.45) is 0 Å². The van der Waals surface area contributed by atoms with Gasteiger partial charge in [0.2, 0.25) is 23.8 Å². The summed E-state index contributed by atoms with van der Waals surface area (Å²) in [4.78, 5) is 86.5. The topological polar surface area (TPSA) is 200 Å². The van der Waals surface area contributed by atoms with E-state index in [1.807, 2.05) is 128 Å². The Labute approximate surface area is 690 Å². The third-order valence-electron chi connectivity index (χ3n) is 22.7. The summed E-state index contributed by atoms with van der Waals surface area (Å²) >= 11 is 0. The smallest absolute Gasteiger partial charge is 0.225 e. The van der Waals surface area contributed by atoms with E-state index in [0.717, 1.165) is 232 Å². The van der Waals surface area contributed by atoms with Crippen molar-refractivity contribution in [1.29, 1.82) is 0 Å². The molecule has 9 aliphatic rings. The van der Waals surface area contributed by atoms with E-state index in [2.05, 4.69) is 194 Å². The number of likely N-dealkylation sites (N-methyl/N-ethyl adjacent to an activating group) is 3. The van der Waals surface area contributed by atoms with Crippen LogP contribution in [0.5, 0.6) is 0 Å². The van der Waals surface area contributed by atoms with Gasteiger partial charge in [-0.15, -0.1) is 13.2 Å². The third-order valence-corrected chi connectivity index (χ3v) is 22.7. The summed E-state index contributed by atoms with van der Waals surface area (Å²) in [5.74, 6) is 5.54. The molecule has 7 aromatic rings. The minimum atomic E-state index is 0.857. The summed E-state index contributed by atoms with van der Waals surface area (Å²) in [7, 11) is 2.17. The molecule has 16 rings (SSSR count). The van der Waals surface area contributed by atoms with E-state index < -0.39 is 0 Å². The number of nitrogens with zero attached hydrogens (tertiary/aromatic N) is 26. The van der Waals surface area contributed by atoms with Crippen LogP contribution in [0.4, 0.5) is 41.1 Å². The molecule has 9 fully saturated rings. The van der Waals surface area contributed by atoms with Crippen molar-refractivity contribution in [2.75, 3.05) is 251 Å². The lowest BCUT2D eigenvalue weighted by Gasteiger charge is -2.23. The number of benzene rings is 1. The second kappa shape index (κ2) is 48.3. The standard InChI is InChI=1S/C14H22N2.4C13H20N4.C12H20N4.C11H18N4/c1-3-15-9-4-10-16(12-11-15)14-7-5-13(2)6-8-14;1-11-9-15-13(10-14-11)17-6-2-5-16(7-8-17)12-3-4-12;1-11-9-14-13(15-10-11)17-6-2-5-16(7-8-17)12-3-4-12;1-3-5-16-6-4-7-17(9-8-16)13-11-14-12(2)10-15-13;1-3-5-16-6-4-7-17(9-8-16)13-14-10-12(2)11-15-13;1-3-15-5-4-6-16(8-7-15)12-13-9-11(2)10-14-12;1-10-8-12-11(13-9-10)15-5-3-4-14(2)6-7-15/h5-8H,3-4,9-12H2,1-2H3;2*9-10,12H,2-8H2,1H3;2*3,10-11H,1,4-9H2,2H3;9-10H,3-8H2,1-2H3;8-9H,3-7H2,1-2H3. The monoisotopic (exact) mass is 1570 g/mol. The van der Waals surface area contributed by atoms with E-state index in [-0.39, 0.29) is 0 Å². The van der Waals surface area contributed by atoms with Crippen LogP contribution < -0.4 is 34.3 Å². The van der Waals surface area contributed by atoms with Crippen molar-refractivity contribution in [3.8, 4) is 0 Å². The highest BCUT2D eigenvalue weighted by Gasteiger charge is 2.32. The average molecular weight is 1570 g/mol. The molecule has 2 aliphatic carbocycles. The Bertz CT molecular complexity index is 3600. The Morgan fingerprint density at radius 3 is 0.948 bits per heavy atom. The highest BCUT2D eigenvalue weighted by atomic mass is 15.3. The number of hydrogen-bond acceptors (Lipinski definition) is 26. The zero-order valence-electron chi connectivity index (χ0n) is 72.0. The second-order valence-electron chi connectivity index (χ2n) is 32.4. The van der Waals surface area contributed by atoms with E-state index in [1.165, 1.54) is 141 Å². The molecule has 626 valence electrons.